The fourth-order valence-corrected chi connectivity index (χ4v) is 7.92. The molecule has 1 nitrogen and oxygen atoms in total. The van der Waals surface area contributed by atoms with Crippen molar-refractivity contribution >= 4 is 50.4 Å². The number of hydrogen-bond donors (Lipinski definition) is 0. The molecule has 0 radical (unpaired) electrons. The average molecular weight is 482 g/mol. The van der Waals surface area contributed by atoms with Gasteiger partial charge in [-0.05, 0) is 70.5 Å². The number of aryl methyl sites for hydroxylation is 1. The van der Waals surface area contributed by atoms with E-state index in [0.29, 0.717) is 0 Å². The fourth-order valence-electron chi connectivity index (χ4n) is 5.15. The second-order valence-electron chi connectivity index (χ2n) is 12.2. The van der Waals surface area contributed by atoms with E-state index >= 15 is 0 Å². The normalized spacial score (nSPS) is 12.8. The lowest BCUT2D eigenvalue weighted by molar-refractivity contribution is 0.410. The summed E-state index contributed by atoms with van der Waals surface area (Å²) in [5.41, 5.74) is 7.01. The van der Waals surface area contributed by atoms with E-state index in [1.165, 1.54) is 59.2 Å². The second-order valence-corrected chi connectivity index (χ2v) is 18.7. The molecule has 0 N–H and O–H groups in total. The Morgan fingerprint density at radius 3 is 2.29 bits per heavy atom. The summed E-state index contributed by atoms with van der Waals surface area (Å²) in [7, 11) is -1.27. The minimum atomic E-state index is -1.27. The van der Waals surface area contributed by atoms with Crippen molar-refractivity contribution in [3.63, 3.8) is 0 Å². The minimum absolute atomic E-state index is 0.277. The molecule has 0 aliphatic rings. The molecule has 0 saturated heterocycles. The number of rotatable bonds is 4. The van der Waals surface area contributed by atoms with Gasteiger partial charge in [0, 0.05) is 35.3 Å². The summed E-state index contributed by atoms with van der Waals surface area (Å²) in [5, 5.41) is 5.40. The maximum Gasteiger partial charge on any atom is 0.0880 e. The van der Waals surface area contributed by atoms with Crippen LogP contribution in [0, 0.1) is 12.3 Å². The van der Waals surface area contributed by atoms with Crippen LogP contribution in [0.25, 0.3) is 42.2 Å². The van der Waals surface area contributed by atoms with E-state index < -0.39 is 8.07 Å². The molecule has 5 aromatic rings. The summed E-state index contributed by atoms with van der Waals surface area (Å²) in [4.78, 5) is 4.95. The van der Waals surface area contributed by atoms with Gasteiger partial charge in [-0.1, -0.05) is 76.8 Å². The van der Waals surface area contributed by atoms with Crippen molar-refractivity contribution in [2.45, 2.75) is 59.8 Å². The Kier molecular flexibility index (Phi) is 5.69. The van der Waals surface area contributed by atoms with Gasteiger partial charge in [-0.15, -0.1) is 11.3 Å². The van der Waals surface area contributed by atoms with E-state index in [1.807, 2.05) is 17.5 Å². The van der Waals surface area contributed by atoms with Gasteiger partial charge in [0.15, 0.2) is 0 Å². The smallest absolute Gasteiger partial charge is 0.0880 e. The quantitative estimate of drug-likeness (QED) is 0.233. The summed E-state index contributed by atoms with van der Waals surface area (Å²) in [5.74, 6) is 0. The molecular formula is C31H35NSSi. The monoisotopic (exact) mass is 481 g/mol. The molecule has 0 saturated carbocycles. The number of fused-ring (bicyclic) bond motifs is 4. The maximum absolute atomic E-state index is 4.95. The molecule has 174 valence electrons. The predicted molar refractivity (Wildman–Crippen MR) is 155 cm³/mol. The van der Waals surface area contributed by atoms with E-state index in [4.69, 9.17) is 4.98 Å². The summed E-state index contributed by atoms with van der Waals surface area (Å²) in [6.45, 7) is 16.6. The molecule has 0 unspecified atom stereocenters. The third-order valence-electron chi connectivity index (χ3n) is 6.58. The zero-order valence-electron chi connectivity index (χ0n) is 21.5. The van der Waals surface area contributed by atoms with Gasteiger partial charge in [-0.3, -0.25) is 4.98 Å². The Labute approximate surface area is 208 Å². The van der Waals surface area contributed by atoms with E-state index in [2.05, 4.69) is 102 Å². The van der Waals surface area contributed by atoms with Crippen LogP contribution >= 0.6 is 11.3 Å². The molecule has 2 heterocycles. The maximum atomic E-state index is 4.95. The van der Waals surface area contributed by atoms with E-state index in [9.17, 15) is 0 Å². The standard InChI is InChI=1S/C31H35NSSi/c1-20-22(18-31(2,3)4)12-13-26-27-14-15-32-28(30(27)33-29(20)26)23-16-21-10-8-9-11-25(21)24(17-23)19-34(5,6)7/h8-17H,18-19H2,1-7H3. The van der Waals surface area contributed by atoms with Crippen LogP contribution < -0.4 is 0 Å². The molecule has 0 amide bonds. The Hall–Kier alpha value is -2.49. The minimum Gasteiger partial charge on any atom is -0.255 e. The lowest BCUT2D eigenvalue weighted by atomic mass is 9.86. The number of nitrogens with zero attached hydrogens (tertiary/aromatic N) is 1. The molecular weight excluding hydrogens is 447 g/mol. The van der Waals surface area contributed by atoms with Crippen molar-refractivity contribution < 1.29 is 0 Å². The highest BCUT2D eigenvalue weighted by Gasteiger charge is 2.20. The van der Waals surface area contributed by atoms with Crippen LogP contribution in [0.15, 0.2) is 60.8 Å². The van der Waals surface area contributed by atoms with Gasteiger partial charge in [-0.2, -0.15) is 0 Å². The molecule has 2 aromatic heterocycles. The highest BCUT2D eigenvalue weighted by Crippen LogP contribution is 2.42. The Balaban J connectivity index is 1.74. The van der Waals surface area contributed by atoms with Crippen molar-refractivity contribution in [1.82, 2.24) is 4.98 Å². The van der Waals surface area contributed by atoms with Crippen LogP contribution in [0.1, 0.15) is 37.5 Å². The summed E-state index contributed by atoms with van der Waals surface area (Å²) < 4.78 is 2.72. The predicted octanol–water partition coefficient (Wildman–Crippen LogP) is 9.59. The number of thiophene rings is 1. The van der Waals surface area contributed by atoms with E-state index in [-0.39, 0.29) is 5.41 Å². The van der Waals surface area contributed by atoms with Crippen LogP contribution in [0.4, 0.5) is 0 Å². The summed E-state index contributed by atoms with van der Waals surface area (Å²) in [6, 6.07) is 21.7. The van der Waals surface area contributed by atoms with E-state index in [1.54, 1.807) is 0 Å². The molecule has 0 aliphatic carbocycles. The summed E-state index contributed by atoms with van der Waals surface area (Å²) in [6.07, 6.45) is 3.09. The summed E-state index contributed by atoms with van der Waals surface area (Å²) >= 11 is 1.92. The van der Waals surface area contributed by atoms with Crippen molar-refractivity contribution in [3.05, 3.63) is 77.5 Å². The largest absolute Gasteiger partial charge is 0.255 e. The van der Waals surface area contributed by atoms with Crippen LogP contribution in [0.3, 0.4) is 0 Å². The molecule has 3 heteroatoms. The molecule has 34 heavy (non-hydrogen) atoms. The molecule has 0 fully saturated rings. The molecule has 5 rings (SSSR count). The van der Waals surface area contributed by atoms with Crippen molar-refractivity contribution in [1.29, 1.82) is 0 Å². The van der Waals surface area contributed by atoms with E-state index in [0.717, 1.165) is 12.1 Å². The number of pyridine rings is 1. The van der Waals surface area contributed by atoms with Gasteiger partial charge >= 0.3 is 0 Å². The van der Waals surface area contributed by atoms with Crippen LogP contribution in [0.2, 0.25) is 19.6 Å². The highest BCUT2D eigenvalue weighted by molar-refractivity contribution is 7.26. The van der Waals surface area contributed by atoms with Gasteiger partial charge in [-0.25, -0.2) is 0 Å². The molecule has 0 bridgehead atoms. The third-order valence-corrected chi connectivity index (χ3v) is 9.37. The van der Waals surface area contributed by atoms with Gasteiger partial charge in [0.1, 0.15) is 0 Å². The zero-order valence-corrected chi connectivity index (χ0v) is 23.4. The lowest BCUT2D eigenvalue weighted by Crippen LogP contribution is -2.24. The molecule has 3 aromatic carbocycles. The first-order valence-corrected chi connectivity index (χ1v) is 16.8. The average Bonchev–Trinajstić information content (AvgIpc) is 3.13. The number of hydrogen-bond acceptors (Lipinski definition) is 2. The molecule has 0 aliphatic heterocycles. The molecule has 0 spiro atoms. The van der Waals surface area contributed by atoms with Crippen LogP contribution in [0.5, 0.6) is 0 Å². The number of aromatic nitrogens is 1. The Morgan fingerprint density at radius 1 is 0.824 bits per heavy atom. The first kappa shape index (κ1) is 23.3. The van der Waals surface area contributed by atoms with Crippen molar-refractivity contribution in [2.75, 3.05) is 0 Å². The highest BCUT2D eigenvalue weighted by atomic mass is 32.1. The van der Waals surface area contributed by atoms with Gasteiger partial charge in [0.2, 0.25) is 0 Å². The second kappa shape index (κ2) is 8.32. The van der Waals surface area contributed by atoms with Crippen LogP contribution in [-0.2, 0) is 12.5 Å². The fraction of sp³-hybridized carbons (Fsp3) is 0.323. The molecule has 0 atom stereocenters. The topological polar surface area (TPSA) is 12.9 Å². The first-order chi connectivity index (χ1) is 16.0. The van der Waals surface area contributed by atoms with Gasteiger partial charge < -0.3 is 0 Å². The van der Waals surface area contributed by atoms with Crippen molar-refractivity contribution in [3.8, 4) is 11.3 Å². The zero-order chi connectivity index (χ0) is 24.3. The first-order valence-electron chi connectivity index (χ1n) is 12.3. The lowest BCUT2D eigenvalue weighted by Gasteiger charge is -2.19. The Bertz CT molecular complexity index is 1530. The van der Waals surface area contributed by atoms with Crippen LogP contribution in [-0.4, -0.2) is 13.1 Å². The Morgan fingerprint density at radius 2 is 1.56 bits per heavy atom. The third kappa shape index (κ3) is 4.44. The number of benzene rings is 3. The van der Waals surface area contributed by atoms with Crippen molar-refractivity contribution in [2.24, 2.45) is 5.41 Å². The van der Waals surface area contributed by atoms with Gasteiger partial charge in [0.05, 0.1) is 10.4 Å². The SMILES string of the molecule is Cc1c(CC(C)(C)C)ccc2c1sc1c(-c3cc(C[Si](C)(C)C)c4ccccc4c3)nccc12. The van der Waals surface area contributed by atoms with Gasteiger partial charge in [0.25, 0.3) is 0 Å².